The molecule has 10 heteroatoms. The Morgan fingerprint density at radius 2 is 1.59 bits per heavy atom. The average Bonchev–Trinajstić information content (AvgIpc) is 2.82. The molecule has 0 spiro atoms. The van der Waals surface area contributed by atoms with E-state index in [1.54, 1.807) is 30.3 Å². The molecule has 0 heterocycles. The van der Waals surface area contributed by atoms with Crippen LogP contribution in [0, 0.1) is 11.6 Å². The summed E-state index contributed by atoms with van der Waals surface area (Å²) >= 11 is 0. The highest BCUT2D eigenvalue weighted by atomic mass is 32.2. The molecule has 0 radical (unpaired) electrons. The molecule has 0 atom stereocenters. The van der Waals surface area contributed by atoms with Gasteiger partial charge in [0.05, 0.1) is 18.8 Å². The number of amides is 1. The molecular formula is C24H25F2N3O4S. The molecule has 0 saturated heterocycles. The normalized spacial score (nSPS) is 11.3. The minimum absolute atomic E-state index is 0.0702. The second-order valence-corrected chi connectivity index (χ2v) is 9.57. The maximum Gasteiger partial charge on any atom is 0.303 e. The summed E-state index contributed by atoms with van der Waals surface area (Å²) in [5.41, 5.74) is 0.877. The number of anilines is 1. The highest BCUT2D eigenvalue weighted by Gasteiger charge is 2.27. The standard InChI is InChI=1S/C24H25F2N3O4S/c1-28(2)34(31,32)29(23-6-4-3-5-22(23)26)17-18-7-9-19(10-8-18)24(30)27-15-16-33-21-13-11-20(25)12-14-21/h3-14H,15-17H2,1-2H3,(H,27,30). The van der Waals surface area contributed by atoms with E-state index in [0.717, 1.165) is 8.61 Å². The van der Waals surface area contributed by atoms with Crippen molar-refractivity contribution in [1.82, 2.24) is 9.62 Å². The van der Waals surface area contributed by atoms with Crippen molar-refractivity contribution in [2.24, 2.45) is 0 Å². The van der Waals surface area contributed by atoms with Gasteiger partial charge in [0.15, 0.2) is 0 Å². The Morgan fingerprint density at radius 3 is 2.21 bits per heavy atom. The highest BCUT2D eigenvalue weighted by Crippen LogP contribution is 2.25. The SMILES string of the molecule is CN(C)S(=O)(=O)N(Cc1ccc(C(=O)NCCOc2ccc(F)cc2)cc1)c1ccccc1F. The molecule has 0 aromatic heterocycles. The average molecular weight is 490 g/mol. The zero-order chi connectivity index (χ0) is 24.7. The summed E-state index contributed by atoms with van der Waals surface area (Å²) in [5, 5.41) is 2.71. The first kappa shape index (κ1) is 25.1. The van der Waals surface area contributed by atoms with Crippen molar-refractivity contribution in [3.8, 4) is 5.75 Å². The van der Waals surface area contributed by atoms with Crippen LogP contribution in [0.4, 0.5) is 14.5 Å². The molecule has 3 aromatic rings. The molecule has 1 N–H and O–H groups in total. The molecule has 3 rings (SSSR count). The molecule has 0 fully saturated rings. The largest absolute Gasteiger partial charge is 0.492 e. The zero-order valence-electron chi connectivity index (χ0n) is 18.7. The molecule has 1 amide bonds. The Hall–Kier alpha value is -3.50. The van der Waals surface area contributed by atoms with E-state index in [0.29, 0.717) is 16.9 Å². The molecule has 0 aliphatic heterocycles. The van der Waals surface area contributed by atoms with Gasteiger partial charge >= 0.3 is 10.2 Å². The smallest absolute Gasteiger partial charge is 0.303 e. The van der Waals surface area contributed by atoms with Gasteiger partial charge in [-0.05, 0) is 54.1 Å². The van der Waals surface area contributed by atoms with Crippen molar-refractivity contribution in [3.63, 3.8) is 0 Å². The van der Waals surface area contributed by atoms with Gasteiger partial charge in [-0.3, -0.25) is 9.10 Å². The topological polar surface area (TPSA) is 79.0 Å². The monoisotopic (exact) mass is 489 g/mol. The van der Waals surface area contributed by atoms with Crippen LogP contribution in [0.2, 0.25) is 0 Å². The molecule has 0 aliphatic carbocycles. The molecule has 180 valence electrons. The number of carbonyl (C=O) groups excluding carboxylic acids is 1. The van der Waals surface area contributed by atoms with Crippen molar-refractivity contribution < 1.29 is 26.7 Å². The maximum atomic E-state index is 14.4. The number of nitrogens with one attached hydrogen (secondary N) is 1. The first-order valence-corrected chi connectivity index (χ1v) is 11.8. The number of nitrogens with zero attached hydrogens (tertiary/aromatic N) is 2. The summed E-state index contributed by atoms with van der Waals surface area (Å²) in [4.78, 5) is 12.4. The fraction of sp³-hybridized carbons (Fsp3) is 0.208. The lowest BCUT2D eigenvalue weighted by Crippen LogP contribution is -2.40. The molecule has 7 nitrogen and oxygen atoms in total. The molecular weight excluding hydrogens is 464 g/mol. The predicted molar refractivity (Wildman–Crippen MR) is 126 cm³/mol. The number of carbonyl (C=O) groups is 1. The van der Waals surface area contributed by atoms with E-state index in [1.165, 1.54) is 56.6 Å². The number of halogens is 2. The zero-order valence-corrected chi connectivity index (χ0v) is 19.6. The summed E-state index contributed by atoms with van der Waals surface area (Å²) in [7, 11) is -1.22. The van der Waals surface area contributed by atoms with Crippen LogP contribution in [0.1, 0.15) is 15.9 Å². The molecule has 34 heavy (non-hydrogen) atoms. The van der Waals surface area contributed by atoms with Gasteiger partial charge in [-0.15, -0.1) is 0 Å². The first-order chi connectivity index (χ1) is 16.2. The fourth-order valence-corrected chi connectivity index (χ4v) is 4.14. The molecule has 0 unspecified atom stereocenters. The third-order valence-corrected chi connectivity index (χ3v) is 6.68. The molecule has 0 bridgehead atoms. The van der Waals surface area contributed by atoms with Gasteiger partial charge in [-0.1, -0.05) is 24.3 Å². The summed E-state index contributed by atoms with van der Waals surface area (Å²) in [5.74, 6) is -0.861. The van der Waals surface area contributed by atoms with Crippen molar-refractivity contribution in [1.29, 1.82) is 0 Å². The van der Waals surface area contributed by atoms with Gasteiger partial charge in [-0.25, -0.2) is 8.78 Å². The number of hydrogen-bond acceptors (Lipinski definition) is 4. The summed E-state index contributed by atoms with van der Waals surface area (Å²) < 4.78 is 60.3. The van der Waals surface area contributed by atoms with Crippen LogP contribution >= 0.6 is 0 Å². The van der Waals surface area contributed by atoms with E-state index in [4.69, 9.17) is 4.74 Å². The number of para-hydroxylation sites is 1. The van der Waals surface area contributed by atoms with Crippen LogP contribution in [-0.2, 0) is 16.8 Å². The van der Waals surface area contributed by atoms with Crippen LogP contribution in [-0.4, -0.2) is 45.9 Å². The number of rotatable bonds is 10. The first-order valence-electron chi connectivity index (χ1n) is 10.4. The van der Waals surface area contributed by atoms with Crippen LogP contribution in [0.15, 0.2) is 72.8 Å². The van der Waals surface area contributed by atoms with Gasteiger partial charge in [-0.2, -0.15) is 12.7 Å². The summed E-state index contributed by atoms with van der Waals surface area (Å²) in [6, 6.07) is 17.5. The quantitative estimate of drug-likeness (QED) is 0.442. The molecule has 3 aromatic carbocycles. The fourth-order valence-electron chi connectivity index (χ4n) is 3.04. The van der Waals surface area contributed by atoms with E-state index < -0.39 is 16.0 Å². The van der Waals surface area contributed by atoms with E-state index in [-0.39, 0.29) is 37.1 Å². The van der Waals surface area contributed by atoms with Gasteiger partial charge in [0.1, 0.15) is 24.0 Å². The predicted octanol–water partition coefficient (Wildman–Crippen LogP) is 3.59. The van der Waals surface area contributed by atoms with Crippen molar-refractivity contribution in [2.75, 3.05) is 31.6 Å². The van der Waals surface area contributed by atoms with Crippen LogP contribution < -0.4 is 14.4 Å². The second-order valence-electron chi connectivity index (χ2n) is 7.50. The number of hydrogen-bond donors (Lipinski definition) is 1. The Morgan fingerprint density at radius 1 is 0.941 bits per heavy atom. The van der Waals surface area contributed by atoms with E-state index in [2.05, 4.69) is 5.32 Å². The Kier molecular flexibility index (Phi) is 8.19. The molecule has 0 aliphatic rings. The second kappa shape index (κ2) is 11.1. The van der Waals surface area contributed by atoms with Gasteiger partial charge in [0, 0.05) is 19.7 Å². The van der Waals surface area contributed by atoms with Gasteiger partial charge < -0.3 is 10.1 Å². The lowest BCUT2D eigenvalue weighted by Gasteiger charge is -2.27. The van der Waals surface area contributed by atoms with Crippen LogP contribution in [0.3, 0.4) is 0 Å². The van der Waals surface area contributed by atoms with Gasteiger partial charge in [0.2, 0.25) is 0 Å². The third kappa shape index (κ3) is 6.30. The Labute approximate surface area is 197 Å². The maximum absolute atomic E-state index is 14.4. The summed E-state index contributed by atoms with van der Waals surface area (Å²) in [6.45, 7) is 0.324. The van der Waals surface area contributed by atoms with Gasteiger partial charge in [0.25, 0.3) is 5.91 Å². The number of benzene rings is 3. The summed E-state index contributed by atoms with van der Waals surface area (Å²) in [6.07, 6.45) is 0. The third-order valence-electron chi connectivity index (χ3n) is 4.87. The van der Waals surface area contributed by atoms with Crippen molar-refractivity contribution in [3.05, 3.63) is 95.6 Å². The lowest BCUT2D eigenvalue weighted by atomic mass is 10.1. The van der Waals surface area contributed by atoms with Crippen LogP contribution in [0.5, 0.6) is 5.75 Å². The highest BCUT2D eigenvalue weighted by molar-refractivity contribution is 7.90. The van der Waals surface area contributed by atoms with Crippen molar-refractivity contribution >= 4 is 21.8 Å². The lowest BCUT2D eigenvalue weighted by molar-refractivity contribution is 0.0947. The minimum atomic E-state index is -3.97. The van der Waals surface area contributed by atoms with E-state index in [9.17, 15) is 22.0 Å². The van der Waals surface area contributed by atoms with Crippen LogP contribution in [0.25, 0.3) is 0 Å². The van der Waals surface area contributed by atoms with E-state index in [1.807, 2.05) is 0 Å². The molecule has 0 saturated carbocycles. The Balaban J connectivity index is 1.63. The Bertz CT molecular complexity index is 1220. The van der Waals surface area contributed by atoms with E-state index >= 15 is 0 Å². The van der Waals surface area contributed by atoms with Crippen molar-refractivity contribution in [2.45, 2.75) is 6.54 Å². The number of ether oxygens (including phenoxy) is 1. The minimum Gasteiger partial charge on any atom is -0.492 e.